The third kappa shape index (κ3) is 2.98. The Balaban J connectivity index is 1.59. The van der Waals surface area contributed by atoms with Gasteiger partial charge in [0.05, 0.1) is 0 Å². The van der Waals surface area contributed by atoms with Crippen molar-refractivity contribution >= 4 is 11.6 Å². The zero-order valence-corrected chi connectivity index (χ0v) is 12.5. The first-order valence-corrected chi connectivity index (χ1v) is 7.43. The van der Waals surface area contributed by atoms with Gasteiger partial charge in [-0.1, -0.05) is 25.1 Å². The lowest BCUT2D eigenvalue weighted by atomic mass is 10.1. The Kier molecular flexibility index (Phi) is 4.14. The van der Waals surface area contributed by atoms with Crippen molar-refractivity contribution in [1.82, 2.24) is 19.9 Å². The topological polar surface area (TPSA) is 59.3 Å². The number of amides is 1. The molecule has 0 saturated heterocycles. The molecule has 1 amide bonds. The van der Waals surface area contributed by atoms with E-state index in [-0.39, 0.29) is 5.91 Å². The molecule has 0 fully saturated rings. The normalized spacial score (nSPS) is 10.8. The summed E-state index contributed by atoms with van der Waals surface area (Å²) >= 11 is 0. The van der Waals surface area contributed by atoms with Crippen molar-refractivity contribution in [1.29, 1.82) is 0 Å². The van der Waals surface area contributed by atoms with E-state index in [1.807, 2.05) is 53.1 Å². The molecular formula is C17H18N4O. The highest BCUT2D eigenvalue weighted by Crippen LogP contribution is 2.06. The van der Waals surface area contributed by atoms with Crippen LogP contribution >= 0.6 is 0 Å². The molecule has 22 heavy (non-hydrogen) atoms. The van der Waals surface area contributed by atoms with Crippen molar-refractivity contribution < 1.29 is 4.79 Å². The molecule has 2 heterocycles. The summed E-state index contributed by atoms with van der Waals surface area (Å²) in [7, 11) is 0. The van der Waals surface area contributed by atoms with Crippen LogP contribution < -0.4 is 5.32 Å². The van der Waals surface area contributed by atoms with Crippen molar-refractivity contribution in [2.75, 3.05) is 6.54 Å². The Morgan fingerprint density at radius 1 is 1.14 bits per heavy atom. The second-order valence-electron chi connectivity index (χ2n) is 5.10. The number of hydrogen-bond donors (Lipinski definition) is 1. The minimum Gasteiger partial charge on any atom is -0.352 e. The first kappa shape index (κ1) is 14.3. The van der Waals surface area contributed by atoms with Gasteiger partial charge in [-0.25, -0.2) is 0 Å². The smallest absolute Gasteiger partial charge is 0.251 e. The second kappa shape index (κ2) is 6.39. The minimum atomic E-state index is -0.0588. The van der Waals surface area contributed by atoms with Crippen LogP contribution in [0.5, 0.6) is 0 Å². The van der Waals surface area contributed by atoms with Gasteiger partial charge >= 0.3 is 0 Å². The molecule has 5 heteroatoms. The highest BCUT2D eigenvalue weighted by Gasteiger charge is 2.07. The standard InChI is InChI=1S/C17H18N4O/c1-2-13-6-8-14(9-7-13)17(22)18-11-10-16-20-19-15-5-3-4-12-21(15)16/h3-9,12H,2,10-11H2,1H3,(H,18,22). The van der Waals surface area contributed by atoms with E-state index in [0.717, 1.165) is 17.9 Å². The monoisotopic (exact) mass is 294 g/mol. The van der Waals surface area contributed by atoms with Gasteiger partial charge in [-0.15, -0.1) is 10.2 Å². The molecule has 0 unspecified atom stereocenters. The molecule has 0 aliphatic carbocycles. The Morgan fingerprint density at radius 3 is 2.73 bits per heavy atom. The predicted octanol–water partition coefficient (Wildman–Crippen LogP) is 2.26. The van der Waals surface area contributed by atoms with E-state index in [4.69, 9.17) is 0 Å². The Hall–Kier alpha value is -2.69. The third-order valence-corrected chi connectivity index (χ3v) is 3.64. The number of carbonyl (C=O) groups is 1. The van der Waals surface area contributed by atoms with Crippen LogP contribution in [-0.2, 0) is 12.8 Å². The van der Waals surface area contributed by atoms with Gasteiger partial charge in [-0.3, -0.25) is 9.20 Å². The fraction of sp³-hybridized carbons (Fsp3) is 0.235. The fourth-order valence-corrected chi connectivity index (χ4v) is 2.34. The van der Waals surface area contributed by atoms with Crippen molar-refractivity contribution in [2.45, 2.75) is 19.8 Å². The van der Waals surface area contributed by atoms with Crippen LogP contribution in [0.2, 0.25) is 0 Å². The highest BCUT2D eigenvalue weighted by molar-refractivity contribution is 5.94. The summed E-state index contributed by atoms with van der Waals surface area (Å²) in [4.78, 5) is 12.1. The molecule has 0 atom stereocenters. The largest absolute Gasteiger partial charge is 0.352 e. The number of pyridine rings is 1. The molecule has 5 nitrogen and oxygen atoms in total. The van der Waals surface area contributed by atoms with Gasteiger partial charge in [0, 0.05) is 24.7 Å². The van der Waals surface area contributed by atoms with Gasteiger partial charge < -0.3 is 5.32 Å². The van der Waals surface area contributed by atoms with E-state index in [2.05, 4.69) is 22.4 Å². The number of nitrogens with one attached hydrogen (secondary N) is 1. The van der Waals surface area contributed by atoms with Crippen LogP contribution in [0.1, 0.15) is 28.7 Å². The molecular weight excluding hydrogens is 276 g/mol. The maximum absolute atomic E-state index is 12.1. The van der Waals surface area contributed by atoms with Crippen molar-refractivity contribution in [3.8, 4) is 0 Å². The molecule has 3 rings (SSSR count). The van der Waals surface area contributed by atoms with Gasteiger partial charge in [0.1, 0.15) is 5.82 Å². The van der Waals surface area contributed by atoms with Gasteiger partial charge in [-0.05, 0) is 36.2 Å². The number of rotatable bonds is 5. The highest BCUT2D eigenvalue weighted by atomic mass is 16.1. The molecule has 1 aromatic carbocycles. The van der Waals surface area contributed by atoms with Crippen LogP contribution in [0.3, 0.4) is 0 Å². The Bertz CT molecular complexity index is 777. The van der Waals surface area contributed by atoms with Crippen LogP contribution in [0.25, 0.3) is 5.65 Å². The summed E-state index contributed by atoms with van der Waals surface area (Å²) in [6.45, 7) is 2.63. The number of nitrogens with zero attached hydrogens (tertiary/aromatic N) is 3. The summed E-state index contributed by atoms with van der Waals surface area (Å²) < 4.78 is 1.93. The van der Waals surface area contributed by atoms with Crippen LogP contribution in [0.15, 0.2) is 48.7 Å². The zero-order valence-electron chi connectivity index (χ0n) is 12.5. The van der Waals surface area contributed by atoms with Crippen molar-refractivity contribution in [2.24, 2.45) is 0 Å². The number of benzene rings is 1. The lowest BCUT2D eigenvalue weighted by Crippen LogP contribution is -2.26. The van der Waals surface area contributed by atoms with E-state index >= 15 is 0 Å². The van der Waals surface area contributed by atoms with Crippen LogP contribution in [0.4, 0.5) is 0 Å². The molecule has 0 bridgehead atoms. The Labute approximate surface area is 129 Å². The van der Waals surface area contributed by atoms with E-state index in [0.29, 0.717) is 18.5 Å². The van der Waals surface area contributed by atoms with Crippen molar-refractivity contribution in [3.63, 3.8) is 0 Å². The zero-order chi connectivity index (χ0) is 15.4. The molecule has 1 N–H and O–H groups in total. The molecule has 0 spiro atoms. The van der Waals surface area contributed by atoms with E-state index in [9.17, 15) is 4.79 Å². The second-order valence-corrected chi connectivity index (χ2v) is 5.10. The molecule has 0 radical (unpaired) electrons. The van der Waals surface area contributed by atoms with Gasteiger partial charge in [-0.2, -0.15) is 0 Å². The number of carbonyl (C=O) groups excluding carboxylic acids is 1. The summed E-state index contributed by atoms with van der Waals surface area (Å²) in [6.07, 6.45) is 3.54. The van der Waals surface area contributed by atoms with Gasteiger partial charge in [0.15, 0.2) is 5.65 Å². The van der Waals surface area contributed by atoms with Crippen molar-refractivity contribution in [3.05, 3.63) is 65.6 Å². The number of aromatic nitrogens is 3. The molecule has 0 saturated carbocycles. The average molecular weight is 294 g/mol. The van der Waals surface area contributed by atoms with Gasteiger partial charge in [0.25, 0.3) is 5.91 Å². The maximum atomic E-state index is 12.1. The molecule has 2 aromatic heterocycles. The van der Waals surface area contributed by atoms with E-state index in [1.54, 1.807) is 0 Å². The molecule has 3 aromatic rings. The SMILES string of the molecule is CCc1ccc(C(=O)NCCc2nnc3ccccn23)cc1. The minimum absolute atomic E-state index is 0.0588. The summed E-state index contributed by atoms with van der Waals surface area (Å²) in [5.41, 5.74) is 2.73. The first-order valence-electron chi connectivity index (χ1n) is 7.43. The maximum Gasteiger partial charge on any atom is 0.251 e. The summed E-state index contributed by atoms with van der Waals surface area (Å²) in [6, 6.07) is 13.5. The third-order valence-electron chi connectivity index (χ3n) is 3.64. The number of fused-ring (bicyclic) bond motifs is 1. The predicted molar refractivity (Wildman–Crippen MR) is 84.8 cm³/mol. The average Bonchev–Trinajstić information content (AvgIpc) is 2.98. The quantitative estimate of drug-likeness (QED) is 0.785. The number of hydrogen-bond acceptors (Lipinski definition) is 3. The first-order chi connectivity index (χ1) is 10.8. The Morgan fingerprint density at radius 2 is 1.95 bits per heavy atom. The molecule has 112 valence electrons. The summed E-state index contributed by atoms with van der Waals surface area (Å²) in [5.74, 6) is 0.786. The van der Waals surface area contributed by atoms with Crippen LogP contribution in [0, 0.1) is 0 Å². The lowest BCUT2D eigenvalue weighted by molar-refractivity contribution is 0.0954. The van der Waals surface area contributed by atoms with Gasteiger partial charge in [0.2, 0.25) is 0 Å². The molecule has 0 aliphatic rings. The molecule has 0 aliphatic heterocycles. The van der Waals surface area contributed by atoms with E-state index < -0.39 is 0 Å². The summed E-state index contributed by atoms with van der Waals surface area (Å²) in [5, 5.41) is 11.2. The van der Waals surface area contributed by atoms with Crippen LogP contribution in [-0.4, -0.2) is 27.0 Å². The number of aryl methyl sites for hydroxylation is 1. The fourth-order valence-electron chi connectivity index (χ4n) is 2.34. The van der Waals surface area contributed by atoms with E-state index in [1.165, 1.54) is 5.56 Å². The lowest BCUT2D eigenvalue weighted by Gasteiger charge is -2.05.